The number of urea groups is 1. The summed E-state index contributed by atoms with van der Waals surface area (Å²) in [5, 5.41) is 11.9. The summed E-state index contributed by atoms with van der Waals surface area (Å²) in [4.78, 5) is 28.9. The van der Waals surface area contributed by atoms with Gasteiger partial charge in [-0.1, -0.05) is 0 Å². The van der Waals surface area contributed by atoms with E-state index in [1.165, 1.54) is 4.90 Å². The van der Waals surface area contributed by atoms with Crippen LogP contribution in [0, 0.1) is 5.41 Å². The monoisotopic (exact) mass is 293 g/mol. The van der Waals surface area contributed by atoms with Crippen LogP contribution in [0.2, 0.25) is 0 Å². The Kier molecular flexibility index (Phi) is 4.30. The molecule has 1 aliphatic heterocycles. The third-order valence-electron chi connectivity index (χ3n) is 3.73. The Balaban J connectivity index is 1.86. The number of rotatable bonds is 4. The Bertz CT molecular complexity index is 532. The third-order valence-corrected chi connectivity index (χ3v) is 3.73. The molecule has 0 radical (unpaired) electrons. The summed E-state index contributed by atoms with van der Waals surface area (Å²) in [5.74, 6) is -0.212. The highest BCUT2D eigenvalue weighted by Crippen LogP contribution is 2.29. The van der Waals surface area contributed by atoms with Gasteiger partial charge in [-0.15, -0.1) is 0 Å². The Hall–Kier alpha value is -2.31. The number of nitrogens with zero attached hydrogens (tertiary/aromatic N) is 2. The summed E-state index contributed by atoms with van der Waals surface area (Å²) in [5.41, 5.74) is -0.139. The first-order valence-electron chi connectivity index (χ1n) is 6.70. The topological polar surface area (TPSA) is 91.8 Å². The number of hydrogen-bond acceptors (Lipinski definition) is 4. The molecule has 2 heterocycles. The van der Waals surface area contributed by atoms with E-state index in [0.717, 1.165) is 0 Å². The minimum atomic E-state index is -0.866. The molecule has 1 aromatic heterocycles. The molecule has 0 bridgehead atoms. The van der Waals surface area contributed by atoms with E-state index >= 15 is 0 Å². The van der Waals surface area contributed by atoms with Gasteiger partial charge in [-0.25, -0.2) is 4.79 Å². The van der Waals surface area contributed by atoms with Gasteiger partial charge in [0.15, 0.2) is 0 Å². The first kappa shape index (κ1) is 15.1. The van der Waals surface area contributed by atoms with Crippen molar-refractivity contribution in [2.75, 3.05) is 20.2 Å². The predicted molar refractivity (Wildman–Crippen MR) is 75.0 cm³/mol. The van der Waals surface area contributed by atoms with Gasteiger partial charge >= 0.3 is 12.0 Å². The van der Waals surface area contributed by atoms with Crippen molar-refractivity contribution in [2.45, 2.75) is 19.9 Å². The molecule has 1 unspecified atom stereocenters. The average Bonchev–Trinajstić information content (AvgIpc) is 2.89. The zero-order valence-electron chi connectivity index (χ0n) is 12.1. The molecule has 1 aromatic rings. The molecular weight excluding hydrogens is 274 g/mol. The number of carboxylic acid groups (broad SMARTS) is 1. The summed E-state index contributed by atoms with van der Waals surface area (Å²) >= 11 is 0. The van der Waals surface area contributed by atoms with Crippen LogP contribution in [0.3, 0.4) is 0 Å². The molecule has 0 spiro atoms. The summed E-state index contributed by atoms with van der Waals surface area (Å²) < 4.78 is 5.01. The lowest BCUT2D eigenvalue weighted by Gasteiger charge is -2.20. The van der Waals surface area contributed by atoms with Crippen LogP contribution in [0.15, 0.2) is 18.3 Å². The minimum absolute atomic E-state index is 0.226. The molecule has 0 aliphatic carbocycles. The molecule has 0 aromatic carbocycles. The van der Waals surface area contributed by atoms with Crippen LogP contribution in [0.4, 0.5) is 4.79 Å². The molecule has 2 rings (SSSR count). The minimum Gasteiger partial charge on any atom is -0.495 e. The van der Waals surface area contributed by atoms with E-state index in [1.54, 1.807) is 32.4 Å². The maximum atomic E-state index is 12.0. The second kappa shape index (κ2) is 5.99. The fraction of sp³-hybridized carbons (Fsp3) is 0.500. The highest BCUT2D eigenvalue weighted by Gasteiger charge is 2.42. The quantitative estimate of drug-likeness (QED) is 0.867. The van der Waals surface area contributed by atoms with Crippen LogP contribution in [-0.2, 0) is 11.3 Å². The van der Waals surface area contributed by atoms with Crippen molar-refractivity contribution in [3.8, 4) is 5.75 Å². The SMILES string of the molecule is COc1ccc(CNC(=O)N2CCC(C)(C(=O)O)C2)nc1. The van der Waals surface area contributed by atoms with E-state index in [9.17, 15) is 9.59 Å². The van der Waals surface area contributed by atoms with Gasteiger partial charge in [0.2, 0.25) is 0 Å². The van der Waals surface area contributed by atoms with Crippen LogP contribution in [0.25, 0.3) is 0 Å². The first-order valence-corrected chi connectivity index (χ1v) is 6.70. The maximum absolute atomic E-state index is 12.0. The van der Waals surface area contributed by atoms with Crippen LogP contribution in [-0.4, -0.2) is 47.2 Å². The molecule has 1 atom stereocenters. The number of aromatic nitrogens is 1. The molecule has 2 amide bonds. The highest BCUT2D eigenvalue weighted by molar-refractivity contribution is 5.79. The first-order chi connectivity index (χ1) is 9.94. The van der Waals surface area contributed by atoms with Crippen molar-refractivity contribution >= 4 is 12.0 Å². The fourth-order valence-corrected chi connectivity index (χ4v) is 2.22. The number of carbonyl (C=O) groups is 2. The van der Waals surface area contributed by atoms with Crippen molar-refractivity contribution < 1.29 is 19.4 Å². The lowest BCUT2D eigenvalue weighted by Crippen LogP contribution is -2.40. The third kappa shape index (κ3) is 3.42. The van der Waals surface area contributed by atoms with Gasteiger partial charge < -0.3 is 20.1 Å². The molecule has 7 heteroatoms. The number of carboxylic acids is 1. The molecule has 1 saturated heterocycles. The van der Waals surface area contributed by atoms with Gasteiger partial charge in [0.05, 0.1) is 31.0 Å². The second-order valence-corrected chi connectivity index (χ2v) is 5.39. The molecule has 114 valence electrons. The highest BCUT2D eigenvalue weighted by atomic mass is 16.5. The van der Waals surface area contributed by atoms with Gasteiger partial charge in [0.25, 0.3) is 0 Å². The predicted octanol–water partition coefficient (Wildman–Crippen LogP) is 1.10. The van der Waals surface area contributed by atoms with Crippen LogP contribution in [0.5, 0.6) is 5.75 Å². The Morgan fingerprint density at radius 2 is 2.29 bits per heavy atom. The lowest BCUT2D eigenvalue weighted by molar-refractivity contribution is -0.147. The second-order valence-electron chi connectivity index (χ2n) is 5.39. The largest absolute Gasteiger partial charge is 0.495 e. The van der Waals surface area contributed by atoms with E-state index in [-0.39, 0.29) is 12.6 Å². The van der Waals surface area contributed by atoms with E-state index < -0.39 is 11.4 Å². The summed E-state index contributed by atoms with van der Waals surface area (Å²) in [6, 6.07) is 3.27. The Morgan fingerprint density at radius 3 is 2.81 bits per heavy atom. The number of methoxy groups -OCH3 is 1. The smallest absolute Gasteiger partial charge is 0.317 e. The average molecular weight is 293 g/mol. The number of nitrogens with one attached hydrogen (secondary N) is 1. The number of amides is 2. The van der Waals surface area contributed by atoms with Gasteiger partial charge in [0.1, 0.15) is 5.75 Å². The normalized spacial score (nSPS) is 21.1. The van der Waals surface area contributed by atoms with Crippen LogP contribution < -0.4 is 10.1 Å². The zero-order valence-corrected chi connectivity index (χ0v) is 12.1. The summed E-state index contributed by atoms with van der Waals surface area (Å²) in [6.45, 7) is 2.63. The van der Waals surface area contributed by atoms with E-state index in [2.05, 4.69) is 10.3 Å². The van der Waals surface area contributed by atoms with Gasteiger partial charge in [-0.05, 0) is 25.5 Å². The Morgan fingerprint density at radius 1 is 1.52 bits per heavy atom. The molecule has 1 aliphatic rings. The molecule has 0 saturated carbocycles. The van der Waals surface area contributed by atoms with Gasteiger partial charge in [-0.3, -0.25) is 9.78 Å². The fourth-order valence-electron chi connectivity index (χ4n) is 2.22. The maximum Gasteiger partial charge on any atom is 0.317 e. The standard InChI is InChI=1S/C14H19N3O4/c1-14(12(18)19)5-6-17(9-14)13(20)16-7-10-3-4-11(21-2)8-15-10/h3-4,8H,5-7,9H2,1-2H3,(H,16,20)(H,18,19). The molecule has 1 fully saturated rings. The zero-order chi connectivity index (χ0) is 15.5. The van der Waals surface area contributed by atoms with Crippen molar-refractivity contribution in [2.24, 2.45) is 5.41 Å². The summed E-state index contributed by atoms with van der Waals surface area (Å²) in [6.07, 6.45) is 2.05. The number of likely N-dealkylation sites (tertiary alicyclic amines) is 1. The number of pyridine rings is 1. The number of carbonyl (C=O) groups excluding carboxylic acids is 1. The number of ether oxygens (including phenoxy) is 1. The van der Waals surface area contributed by atoms with E-state index in [1.807, 2.05) is 0 Å². The van der Waals surface area contributed by atoms with Crippen LogP contribution >= 0.6 is 0 Å². The lowest BCUT2D eigenvalue weighted by atomic mass is 9.90. The van der Waals surface area contributed by atoms with Gasteiger partial charge in [0, 0.05) is 13.1 Å². The van der Waals surface area contributed by atoms with Crippen LogP contribution in [0.1, 0.15) is 19.0 Å². The van der Waals surface area contributed by atoms with Gasteiger partial charge in [-0.2, -0.15) is 0 Å². The molecule has 7 nitrogen and oxygen atoms in total. The molecule has 21 heavy (non-hydrogen) atoms. The van der Waals surface area contributed by atoms with Crippen molar-refractivity contribution in [1.82, 2.24) is 15.2 Å². The van der Waals surface area contributed by atoms with Crippen molar-refractivity contribution in [1.29, 1.82) is 0 Å². The number of hydrogen-bond donors (Lipinski definition) is 2. The number of aliphatic carboxylic acids is 1. The molecule has 2 N–H and O–H groups in total. The van der Waals surface area contributed by atoms with E-state index in [4.69, 9.17) is 9.84 Å². The Labute approximate surface area is 122 Å². The van der Waals surface area contributed by atoms with Crippen molar-refractivity contribution in [3.05, 3.63) is 24.0 Å². The summed E-state index contributed by atoms with van der Waals surface area (Å²) in [7, 11) is 1.56. The molecular formula is C14H19N3O4. The van der Waals surface area contributed by atoms with E-state index in [0.29, 0.717) is 31.0 Å². The van der Waals surface area contributed by atoms with Crippen molar-refractivity contribution in [3.63, 3.8) is 0 Å².